The number of benzene rings is 2. The predicted octanol–water partition coefficient (Wildman–Crippen LogP) is 5.38. The zero-order valence-corrected chi connectivity index (χ0v) is 20.2. The van der Waals surface area contributed by atoms with Crippen molar-refractivity contribution in [2.75, 3.05) is 5.73 Å². The molecule has 0 bridgehead atoms. The molecule has 1 atom stereocenters. The van der Waals surface area contributed by atoms with Gasteiger partial charge in [-0.1, -0.05) is 50.8 Å². The van der Waals surface area contributed by atoms with Crippen LogP contribution in [-0.4, -0.2) is 25.4 Å². The van der Waals surface area contributed by atoms with E-state index in [1.807, 2.05) is 24.4 Å². The molecule has 0 aliphatic carbocycles. The topological polar surface area (TPSA) is 98.7 Å². The second kappa shape index (κ2) is 8.30. The van der Waals surface area contributed by atoms with E-state index in [9.17, 15) is 4.79 Å². The van der Waals surface area contributed by atoms with Gasteiger partial charge in [-0.2, -0.15) is 0 Å². The van der Waals surface area contributed by atoms with E-state index in [2.05, 4.69) is 70.6 Å². The van der Waals surface area contributed by atoms with Gasteiger partial charge in [-0.25, -0.2) is 9.97 Å². The summed E-state index contributed by atoms with van der Waals surface area (Å²) in [5.41, 5.74) is 14.4. The zero-order valence-electron chi connectivity index (χ0n) is 20.2. The van der Waals surface area contributed by atoms with E-state index in [1.54, 1.807) is 0 Å². The number of anilines is 1. The van der Waals surface area contributed by atoms with Crippen LogP contribution >= 0.6 is 0 Å². The largest absolute Gasteiger partial charge is 0.383 e. The summed E-state index contributed by atoms with van der Waals surface area (Å²) >= 11 is 0. The molecule has 1 aliphatic heterocycles. The summed E-state index contributed by atoms with van der Waals surface area (Å²) in [6, 6.07) is 16.4. The minimum absolute atomic E-state index is 0.216. The third-order valence-electron chi connectivity index (χ3n) is 6.99. The van der Waals surface area contributed by atoms with Crippen LogP contribution in [0.2, 0.25) is 0 Å². The van der Waals surface area contributed by atoms with Gasteiger partial charge in [-0.15, -0.1) is 0 Å². The van der Waals surface area contributed by atoms with Crippen LogP contribution in [0, 0.1) is 0 Å². The molecule has 178 valence electrons. The molecule has 3 aromatic heterocycles. The summed E-state index contributed by atoms with van der Waals surface area (Å²) in [5, 5.41) is 4.94. The van der Waals surface area contributed by atoms with Crippen LogP contribution in [0.25, 0.3) is 44.3 Å². The van der Waals surface area contributed by atoms with Crippen molar-refractivity contribution < 1.29 is 4.79 Å². The van der Waals surface area contributed by atoms with E-state index in [0.717, 1.165) is 49.9 Å². The number of nitrogens with two attached hydrogens (primary N) is 1. The molecule has 7 heteroatoms. The first kappa shape index (κ1) is 22.0. The number of fused-ring (bicyclic) bond motifs is 6. The first-order valence-corrected chi connectivity index (χ1v) is 12.0. The molecule has 1 amide bonds. The van der Waals surface area contributed by atoms with E-state index in [4.69, 9.17) is 10.7 Å². The van der Waals surface area contributed by atoms with Gasteiger partial charge in [0.15, 0.2) is 0 Å². The first-order chi connectivity index (χ1) is 17.5. The number of hydrogen-bond donors (Lipinski definition) is 2. The number of pyridine rings is 1. The lowest BCUT2D eigenvalue weighted by molar-refractivity contribution is -0.117. The van der Waals surface area contributed by atoms with Crippen molar-refractivity contribution in [1.82, 2.24) is 24.8 Å². The molecule has 1 aliphatic rings. The maximum Gasteiger partial charge on any atom is 0.243 e. The number of hydrogen-bond acceptors (Lipinski definition) is 5. The molecular weight excluding hydrogens is 448 g/mol. The van der Waals surface area contributed by atoms with Gasteiger partial charge in [0.05, 0.1) is 22.6 Å². The summed E-state index contributed by atoms with van der Waals surface area (Å²) in [6.45, 7) is 8.49. The molecule has 0 saturated carbocycles. The van der Waals surface area contributed by atoms with Gasteiger partial charge in [0.1, 0.15) is 17.8 Å². The third-order valence-corrected chi connectivity index (χ3v) is 6.99. The van der Waals surface area contributed by atoms with Gasteiger partial charge in [0, 0.05) is 34.8 Å². The predicted molar refractivity (Wildman–Crippen MR) is 143 cm³/mol. The Kier molecular flexibility index (Phi) is 5.07. The summed E-state index contributed by atoms with van der Waals surface area (Å²) in [5.74, 6) is 0.539. The Morgan fingerprint density at radius 2 is 2.00 bits per heavy atom. The maximum atomic E-state index is 12.4. The van der Waals surface area contributed by atoms with Crippen LogP contribution < -0.4 is 11.1 Å². The fourth-order valence-corrected chi connectivity index (χ4v) is 5.22. The Labute approximate surface area is 208 Å². The van der Waals surface area contributed by atoms with Crippen LogP contribution in [0.3, 0.4) is 0 Å². The van der Waals surface area contributed by atoms with Crippen molar-refractivity contribution in [3.8, 4) is 22.4 Å². The van der Waals surface area contributed by atoms with Crippen molar-refractivity contribution in [2.45, 2.75) is 32.4 Å². The standard InChI is InChI=1S/C29H26N6O/c1-4-24(36)34-23-14-35-27(21-12-17(16(2)3)9-10-20(21)23)25(26-28(30)32-15-33-29(26)35)19-11-18-7-5-6-8-22(18)31-13-19/h4-13,15-16,23H,1,14H2,2-3H3,(H,34,36)(H2,30,32,33). The molecule has 0 fully saturated rings. The Morgan fingerprint density at radius 3 is 2.81 bits per heavy atom. The molecule has 0 spiro atoms. The number of para-hydroxylation sites is 1. The number of nitrogens with zero attached hydrogens (tertiary/aromatic N) is 4. The van der Waals surface area contributed by atoms with Crippen molar-refractivity contribution in [3.05, 3.63) is 84.8 Å². The quantitative estimate of drug-likeness (QED) is 0.341. The first-order valence-electron chi connectivity index (χ1n) is 12.0. The number of nitrogen functional groups attached to an aromatic ring is 1. The zero-order chi connectivity index (χ0) is 25.0. The third kappa shape index (κ3) is 3.35. The molecule has 1 unspecified atom stereocenters. The molecule has 2 aromatic carbocycles. The number of nitrogens with one attached hydrogen (secondary N) is 1. The molecule has 6 rings (SSSR count). The van der Waals surface area contributed by atoms with Crippen molar-refractivity contribution in [3.63, 3.8) is 0 Å². The lowest BCUT2D eigenvalue weighted by Gasteiger charge is -2.30. The lowest BCUT2D eigenvalue weighted by Crippen LogP contribution is -2.33. The SMILES string of the molecule is C=CC(=O)NC1Cn2c(c(-c3cnc4ccccc4c3)c3c(N)ncnc32)-c2cc(C(C)C)ccc21. The lowest BCUT2D eigenvalue weighted by atomic mass is 9.87. The normalized spacial score (nSPS) is 14.6. The van der Waals surface area contributed by atoms with E-state index in [0.29, 0.717) is 18.3 Å². The summed E-state index contributed by atoms with van der Waals surface area (Å²) in [4.78, 5) is 26.1. The maximum absolute atomic E-state index is 12.4. The highest BCUT2D eigenvalue weighted by Gasteiger charge is 2.32. The molecule has 3 N–H and O–H groups in total. The van der Waals surface area contributed by atoms with Crippen molar-refractivity contribution in [1.29, 1.82) is 0 Å². The number of amides is 1. The molecule has 7 nitrogen and oxygen atoms in total. The molecule has 0 radical (unpaired) electrons. The molecule has 5 aromatic rings. The molecule has 36 heavy (non-hydrogen) atoms. The van der Waals surface area contributed by atoms with E-state index >= 15 is 0 Å². The van der Waals surface area contributed by atoms with E-state index in [1.165, 1.54) is 18.0 Å². The second-order valence-electron chi connectivity index (χ2n) is 9.48. The number of carbonyl (C=O) groups is 1. The highest BCUT2D eigenvalue weighted by atomic mass is 16.1. The molecule has 4 heterocycles. The fraction of sp³-hybridized carbons (Fsp3) is 0.172. The van der Waals surface area contributed by atoms with Gasteiger partial charge in [0.25, 0.3) is 0 Å². The smallest absolute Gasteiger partial charge is 0.243 e. The summed E-state index contributed by atoms with van der Waals surface area (Å²) in [7, 11) is 0. The van der Waals surface area contributed by atoms with Gasteiger partial charge in [-0.3, -0.25) is 9.78 Å². The van der Waals surface area contributed by atoms with Gasteiger partial charge in [0.2, 0.25) is 5.91 Å². The van der Waals surface area contributed by atoms with Crippen LogP contribution in [0.5, 0.6) is 0 Å². The average molecular weight is 475 g/mol. The van der Waals surface area contributed by atoms with Crippen LogP contribution in [-0.2, 0) is 11.3 Å². The molecular formula is C29H26N6O. The highest BCUT2D eigenvalue weighted by Crippen LogP contribution is 2.48. The number of carbonyl (C=O) groups excluding carboxylic acids is 1. The summed E-state index contributed by atoms with van der Waals surface area (Å²) in [6.07, 6.45) is 4.68. The van der Waals surface area contributed by atoms with Crippen molar-refractivity contribution >= 4 is 33.7 Å². The Bertz CT molecular complexity index is 1680. The minimum Gasteiger partial charge on any atom is -0.383 e. The van der Waals surface area contributed by atoms with Gasteiger partial charge >= 0.3 is 0 Å². The highest BCUT2D eigenvalue weighted by molar-refractivity contribution is 6.09. The van der Waals surface area contributed by atoms with Crippen molar-refractivity contribution in [2.24, 2.45) is 0 Å². The van der Waals surface area contributed by atoms with Gasteiger partial charge in [-0.05, 0) is 41.3 Å². The summed E-state index contributed by atoms with van der Waals surface area (Å²) < 4.78 is 2.15. The van der Waals surface area contributed by atoms with E-state index < -0.39 is 0 Å². The average Bonchev–Trinajstić information content (AvgIpc) is 3.23. The Hall–Kier alpha value is -4.52. The monoisotopic (exact) mass is 474 g/mol. The van der Waals surface area contributed by atoms with Crippen LogP contribution in [0.15, 0.2) is 73.7 Å². The Balaban J connectivity index is 1.70. The fourth-order valence-electron chi connectivity index (χ4n) is 5.22. The number of aromatic nitrogens is 4. The van der Waals surface area contributed by atoms with E-state index in [-0.39, 0.29) is 11.9 Å². The molecule has 0 saturated heterocycles. The van der Waals surface area contributed by atoms with Gasteiger partial charge < -0.3 is 15.6 Å². The van der Waals surface area contributed by atoms with Crippen LogP contribution in [0.4, 0.5) is 5.82 Å². The Morgan fingerprint density at radius 1 is 1.17 bits per heavy atom. The number of rotatable bonds is 4. The minimum atomic E-state index is -0.242. The van der Waals surface area contributed by atoms with Crippen LogP contribution in [0.1, 0.15) is 36.9 Å². The second-order valence-corrected chi connectivity index (χ2v) is 9.48.